The lowest BCUT2D eigenvalue weighted by Gasteiger charge is -2.27. The second-order valence-corrected chi connectivity index (χ2v) is 6.20. The monoisotopic (exact) mass is 337 g/mol. The Bertz CT molecular complexity index is 796. The molecule has 1 fully saturated rings. The van der Waals surface area contributed by atoms with Gasteiger partial charge in [0.2, 0.25) is 0 Å². The van der Waals surface area contributed by atoms with Crippen LogP contribution < -0.4 is 20.3 Å². The van der Waals surface area contributed by atoms with Gasteiger partial charge >= 0.3 is 6.03 Å². The van der Waals surface area contributed by atoms with Crippen LogP contribution in [-0.2, 0) is 11.2 Å². The predicted molar refractivity (Wildman–Crippen MR) is 95.0 cm³/mol. The molecule has 0 aromatic heterocycles. The number of rotatable bonds is 3. The third kappa shape index (κ3) is 3.15. The highest BCUT2D eigenvalue weighted by atomic mass is 16.5. The van der Waals surface area contributed by atoms with Gasteiger partial charge in [-0.3, -0.25) is 9.69 Å². The van der Waals surface area contributed by atoms with Gasteiger partial charge in [-0.15, -0.1) is 0 Å². The average molecular weight is 337 g/mol. The number of nitrogens with one attached hydrogen (secondary N) is 2. The van der Waals surface area contributed by atoms with Crippen LogP contribution >= 0.6 is 0 Å². The fraction of sp³-hybridized carbons (Fsp3) is 0.263. The molecule has 0 saturated carbocycles. The largest absolute Gasteiger partial charge is 0.480 e. The van der Waals surface area contributed by atoms with Crippen LogP contribution in [0.25, 0.3) is 0 Å². The first-order valence-corrected chi connectivity index (χ1v) is 8.41. The third-order valence-corrected chi connectivity index (χ3v) is 4.44. The van der Waals surface area contributed by atoms with Crippen LogP contribution in [0.15, 0.2) is 48.5 Å². The molecule has 1 atom stereocenters. The van der Waals surface area contributed by atoms with Gasteiger partial charge in [-0.05, 0) is 36.2 Å². The lowest BCUT2D eigenvalue weighted by atomic mass is 10.1. The number of urea groups is 1. The van der Waals surface area contributed by atoms with E-state index < -0.39 is 6.10 Å². The van der Waals surface area contributed by atoms with Gasteiger partial charge in [-0.25, -0.2) is 4.79 Å². The summed E-state index contributed by atoms with van der Waals surface area (Å²) in [4.78, 5) is 26.2. The van der Waals surface area contributed by atoms with Crippen molar-refractivity contribution in [2.75, 3.05) is 23.3 Å². The Hall–Kier alpha value is -3.02. The van der Waals surface area contributed by atoms with Gasteiger partial charge in [-0.1, -0.05) is 24.3 Å². The van der Waals surface area contributed by atoms with Crippen molar-refractivity contribution in [2.24, 2.45) is 0 Å². The maximum atomic E-state index is 12.5. The topological polar surface area (TPSA) is 70.7 Å². The molecule has 2 aliphatic heterocycles. The van der Waals surface area contributed by atoms with Crippen LogP contribution in [0.2, 0.25) is 0 Å². The maximum absolute atomic E-state index is 12.5. The highest BCUT2D eigenvalue weighted by Crippen LogP contribution is 2.29. The number of anilines is 2. The van der Waals surface area contributed by atoms with E-state index in [-0.39, 0.29) is 11.9 Å². The molecule has 2 heterocycles. The molecule has 3 amide bonds. The summed E-state index contributed by atoms with van der Waals surface area (Å²) in [5, 5.41) is 5.72. The first kappa shape index (κ1) is 15.5. The van der Waals surface area contributed by atoms with Gasteiger partial charge in [0.25, 0.3) is 5.91 Å². The smallest absolute Gasteiger partial charge is 0.321 e. The Balaban J connectivity index is 1.45. The van der Waals surface area contributed by atoms with E-state index >= 15 is 0 Å². The van der Waals surface area contributed by atoms with E-state index in [1.165, 1.54) is 0 Å². The summed E-state index contributed by atoms with van der Waals surface area (Å²) >= 11 is 0. The van der Waals surface area contributed by atoms with Crippen LogP contribution in [0.4, 0.5) is 16.2 Å². The van der Waals surface area contributed by atoms with Crippen molar-refractivity contribution in [3.8, 4) is 5.75 Å². The maximum Gasteiger partial charge on any atom is 0.321 e. The lowest BCUT2D eigenvalue weighted by Crippen LogP contribution is -2.46. The fourth-order valence-corrected chi connectivity index (χ4v) is 3.18. The predicted octanol–water partition coefficient (Wildman–Crippen LogP) is 2.55. The van der Waals surface area contributed by atoms with Crippen LogP contribution in [-0.4, -0.2) is 31.1 Å². The molecule has 0 bridgehead atoms. The molecule has 128 valence electrons. The molecule has 0 unspecified atom stereocenters. The van der Waals surface area contributed by atoms with Gasteiger partial charge < -0.3 is 15.4 Å². The summed E-state index contributed by atoms with van der Waals surface area (Å²) in [7, 11) is 0. The number of para-hydroxylation sites is 1. The number of benzene rings is 2. The van der Waals surface area contributed by atoms with Crippen molar-refractivity contribution in [1.82, 2.24) is 5.32 Å². The second-order valence-electron chi connectivity index (χ2n) is 6.20. The number of nitrogens with zero attached hydrogens (tertiary/aromatic N) is 1. The molecule has 0 aliphatic carbocycles. The number of carbonyl (C=O) groups is 2. The SMILES string of the molecule is O=C(Nc1cccc(N2CCCNC2=O)c1)[C@H]1Cc2ccccc2O1. The van der Waals surface area contributed by atoms with Crippen LogP contribution in [0.1, 0.15) is 12.0 Å². The molecule has 25 heavy (non-hydrogen) atoms. The van der Waals surface area contributed by atoms with E-state index in [2.05, 4.69) is 10.6 Å². The number of amides is 3. The zero-order valence-corrected chi connectivity index (χ0v) is 13.7. The Morgan fingerprint density at radius 3 is 2.92 bits per heavy atom. The molecule has 1 saturated heterocycles. The number of fused-ring (bicyclic) bond motifs is 1. The summed E-state index contributed by atoms with van der Waals surface area (Å²) in [5.74, 6) is 0.581. The summed E-state index contributed by atoms with van der Waals surface area (Å²) in [6, 6.07) is 14.9. The van der Waals surface area contributed by atoms with E-state index in [0.29, 0.717) is 25.2 Å². The normalized spacial score (nSPS) is 19.0. The Kier molecular flexibility index (Phi) is 4.01. The zero-order chi connectivity index (χ0) is 17.2. The first-order chi connectivity index (χ1) is 12.2. The van der Waals surface area contributed by atoms with E-state index in [1.807, 2.05) is 48.5 Å². The molecule has 2 aliphatic rings. The highest BCUT2D eigenvalue weighted by molar-refractivity contribution is 5.97. The average Bonchev–Trinajstić information content (AvgIpc) is 3.07. The minimum Gasteiger partial charge on any atom is -0.480 e. The summed E-state index contributed by atoms with van der Waals surface area (Å²) in [5.41, 5.74) is 2.47. The Morgan fingerprint density at radius 1 is 1.20 bits per heavy atom. The molecule has 2 aromatic rings. The standard InChI is InChI=1S/C19H19N3O3/c23-18(17-11-13-5-1-2-8-16(13)25-17)21-14-6-3-7-15(12-14)22-10-4-9-20-19(22)24/h1-3,5-8,12,17H,4,9-11H2,(H,20,24)(H,21,23)/t17-/m1/s1. The van der Waals surface area contributed by atoms with Crippen molar-refractivity contribution >= 4 is 23.3 Å². The third-order valence-electron chi connectivity index (χ3n) is 4.44. The molecule has 6 nitrogen and oxygen atoms in total. The zero-order valence-electron chi connectivity index (χ0n) is 13.7. The van der Waals surface area contributed by atoms with Gasteiger partial charge in [-0.2, -0.15) is 0 Å². The molecule has 2 N–H and O–H groups in total. The van der Waals surface area contributed by atoms with Crippen molar-refractivity contribution < 1.29 is 14.3 Å². The van der Waals surface area contributed by atoms with E-state index in [1.54, 1.807) is 4.90 Å². The molecular weight excluding hydrogens is 318 g/mol. The molecular formula is C19H19N3O3. The molecule has 0 radical (unpaired) electrons. The molecule has 4 rings (SSSR count). The van der Waals surface area contributed by atoms with Crippen LogP contribution in [0.3, 0.4) is 0 Å². The van der Waals surface area contributed by atoms with Gasteiger partial charge in [0.15, 0.2) is 6.10 Å². The van der Waals surface area contributed by atoms with Gasteiger partial charge in [0, 0.05) is 30.9 Å². The summed E-state index contributed by atoms with van der Waals surface area (Å²) < 4.78 is 5.72. The molecule has 6 heteroatoms. The summed E-state index contributed by atoms with van der Waals surface area (Å²) in [6.45, 7) is 1.37. The summed E-state index contributed by atoms with van der Waals surface area (Å²) in [6.07, 6.45) is 0.937. The second kappa shape index (κ2) is 6.47. The quantitative estimate of drug-likeness (QED) is 0.904. The number of ether oxygens (including phenoxy) is 1. The van der Waals surface area contributed by atoms with Gasteiger partial charge in [0.1, 0.15) is 5.75 Å². The van der Waals surface area contributed by atoms with E-state index in [0.717, 1.165) is 23.4 Å². The van der Waals surface area contributed by atoms with E-state index in [9.17, 15) is 9.59 Å². The Labute approximate surface area is 145 Å². The minimum atomic E-state index is -0.528. The van der Waals surface area contributed by atoms with Crippen LogP contribution in [0, 0.1) is 0 Å². The number of hydrogen-bond donors (Lipinski definition) is 2. The van der Waals surface area contributed by atoms with Crippen LogP contribution in [0.5, 0.6) is 5.75 Å². The van der Waals surface area contributed by atoms with Gasteiger partial charge in [0.05, 0.1) is 0 Å². The molecule has 2 aromatic carbocycles. The van der Waals surface area contributed by atoms with Crippen molar-refractivity contribution in [1.29, 1.82) is 0 Å². The highest BCUT2D eigenvalue weighted by Gasteiger charge is 2.29. The fourth-order valence-electron chi connectivity index (χ4n) is 3.18. The minimum absolute atomic E-state index is 0.107. The number of carbonyl (C=O) groups excluding carboxylic acids is 2. The lowest BCUT2D eigenvalue weighted by molar-refractivity contribution is -0.122. The van der Waals surface area contributed by atoms with Crippen molar-refractivity contribution in [2.45, 2.75) is 18.9 Å². The molecule has 0 spiro atoms. The van der Waals surface area contributed by atoms with E-state index in [4.69, 9.17) is 4.74 Å². The van der Waals surface area contributed by atoms with Crippen molar-refractivity contribution in [3.63, 3.8) is 0 Å². The number of hydrogen-bond acceptors (Lipinski definition) is 3. The van der Waals surface area contributed by atoms with Crippen molar-refractivity contribution in [3.05, 3.63) is 54.1 Å². The Morgan fingerprint density at radius 2 is 2.08 bits per heavy atom. The first-order valence-electron chi connectivity index (χ1n) is 8.41.